The Labute approximate surface area is 193 Å². The van der Waals surface area contributed by atoms with Gasteiger partial charge in [0.25, 0.3) is 0 Å². The first-order chi connectivity index (χ1) is 15.2. The van der Waals surface area contributed by atoms with Crippen molar-refractivity contribution in [2.24, 2.45) is 0 Å². The maximum Gasteiger partial charge on any atom is 0.330 e. The van der Waals surface area contributed by atoms with Gasteiger partial charge in [0, 0.05) is 16.3 Å². The van der Waals surface area contributed by atoms with Gasteiger partial charge < -0.3 is 9.47 Å². The molecule has 0 saturated carbocycles. The second-order valence-corrected chi connectivity index (χ2v) is 9.35. The van der Waals surface area contributed by atoms with E-state index in [0.717, 1.165) is 40.1 Å². The van der Waals surface area contributed by atoms with Crippen LogP contribution in [0.4, 0.5) is 0 Å². The van der Waals surface area contributed by atoms with Gasteiger partial charge >= 0.3 is 5.97 Å². The molecule has 0 N–H and O–H groups in total. The van der Waals surface area contributed by atoms with Crippen LogP contribution in [0.15, 0.2) is 59.9 Å². The van der Waals surface area contributed by atoms with Gasteiger partial charge in [0.15, 0.2) is 0 Å². The zero-order chi connectivity index (χ0) is 23.5. The van der Waals surface area contributed by atoms with Gasteiger partial charge in [-0.05, 0) is 80.0 Å². The van der Waals surface area contributed by atoms with Crippen LogP contribution in [-0.4, -0.2) is 17.7 Å². The van der Waals surface area contributed by atoms with E-state index in [1.165, 1.54) is 22.5 Å². The number of rotatable bonds is 8. The summed E-state index contributed by atoms with van der Waals surface area (Å²) < 4.78 is 12.3. The molecule has 0 bridgehead atoms. The Morgan fingerprint density at radius 1 is 1.09 bits per heavy atom. The summed E-state index contributed by atoms with van der Waals surface area (Å²) >= 11 is 1.22. The lowest BCUT2D eigenvalue weighted by Crippen LogP contribution is -2.42. The first-order valence-electron chi connectivity index (χ1n) is 10.9. The molecule has 1 atom stereocenters. The number of carbonyl (C=O) groups is 1. The minimum Gasteiger partial charge on any atom is -0.487 e. The molecular weight excluding hydrogens is 420 g/mol. The highest BCUT2D eigenvalue weighted by molar-refractivity contribution is 7.16. The Balaban J connectivity index is 1.93. The monoisotopic (exact) mass is 450 g/mol. The minimum absolute atomic E-state index is 0.0295. The minimum atomic E-state index is -0.835. The third kappa shape index (κ3) is 5.10. The van der Waals surface area contributed by atoms with Crippen molar-refractivity contribution in [2.45, 2.75) is 59.2 Å². The Kier molecular flexibility index (Phi) is 7.19. The van der Waals surface area contributed by atoms with E-state index in [9.17, 15) is 9.59 Å². The molecule has 4 nitrogen and oxygen atoms in total. The first kappa shape index (κ1) is 23.7. The molecule has 2 aromatic carbocycles. The average Bonchev–Trinajstić information content (AvgIpc) is 2.77. The summed E-state index contributed by atoms with van der Waals surface area (Å²) in [6.07, 6.45) is 2.59. The highest BCUT2D eigenvalue weighted by Gasteiger charge is 2.31. The largest absolute Gasteiger partial charge is 0.487 e. The lowest BCUT2D eigenvalue weighted by Gasteiger charge is -2.31. The molecule has 1 heterocycles. The Morgan fingerprint density at radius 2 is 1.84 bits per heavy atom. The number of ether oxygens (including phenoxy) is 2. The van der Waals surface area contributed by atoms with Crippen LogP contribution in [0, 0.1) is 0 Å². The van der Waals surface area contributed by atoms with Crippen molar-refractivity contribution in [3.8, 4) is 16.9 Å². The lowest BCUT2D eigenvalue weighted by molar-refractivity contribution is -0.158. The van der Waals surface area contributed by atoms with Crippen molar-refractivity contribution in [1.82, 2.24) is 0 Å². The van der Waals surface area contributed by atoms with Gasteiger partial charge in [-0.15, -0.1) is 0 Å². The third-order valence-electron chi connectivity index (χ3n) is 5.78. The molecule has 0 spiro atoms. The van der Waals surface area contributed by atoms with Crippen molar-refractivity contribution in [3.63, 3.8) is 0 Å². The summed E-state index contributed by atoms with van der Waals surface area (Å²) in [4.78, 5) is 24.6. The second-order valence-electron chi connectivity index (χ2n) is 8.33. The lowest BCUT2D eigenvalue weighted by atomic mass is 9.96. The molecule has 0 radical (unpaired) electrons. The number of hydrogen-bond donors (Lipinski definition) is 0. The summed E-state index contributed by atoms with van der Waals surface area (Å²) in [5.74, 6) is 0.130. The zero-order valence-corrected chi connectivity index (χ0v) is 20.2. The van der Waals surface area contributed by atoms with Crippen molar-refractivity contribution < 1.29 is 14.3 Å². The predicted molar refractivity (Wildman–Crippen MR) is 133 cm³/mol. The number of benzene rings is 2. The van der Waals surface area contributed by atoms with E-state index in [1.54, 1.807) is 13.8 Å². The number of aryl methyl sites for hydroxylation is 2. The molecule has 0 saturated heterocycles. The second kappa shape index (κ2) is 9.70. The Hall–Kier alpha value is -2.92. The standard InChI is InChI=1S/C27H30O4S/c1-7-18-10-13-22(19(8-2)14-18)23-15-20-11-12-21(16-24(20)32-26(23)29)30-17(4)27(5,6)31-25(28)9-3/h9-17H,3,7-8H2,1-2,4-6H3. The quantitative estimate of drug-likeness (QED) is 0.297. The molecule has 0 amide bonds. The predicted octanol–water partition coefficient (Wildman–Crippen LogP) is 6.33. The average molecular weight is 451 g/mol. The van der Waals surface area contributed by atoms with Crippen LogP contribution in [0.5, 0.6) is 5.75 Å². The van der Waals surface area contributed by atoms with Gasteiger partial charge in [0.2, 0.25) is 4.74 Å². The fourth-order valence-corrected chi connectivity index (χ4v) is 4.40. The van der Waals surface area contributed by atoms with Crippen LogP contribution in [0.25, 0.3) is 21.2 Å². The molecule has 1 unspecified atom stereocenters. The fraction of sp³-hybridized carbons (Fsp3) is 0.333. The van der Waals surface area contributed by atoms with E-state index in [4.69, 9.17) is 9.47 Å². The molecule has 5 heteroatoms. The summed E-state index contributed by atoms with van der Waals surface area (Å²) in [7, 11) is 0. The molecular formula is C27H30O4S. The molecule has 1 aromatic heterocycles. The molecule has 3 rings (SSSR count). The molecule has 0 aliphatic carbocycles. The van der Waals surface area contributed by atoms with Crippen LogP contribution in [0.1, 0.15) is 45.7 Å². The summed E-state index contributed by atoms with van der Waals surface area (Å²) in [6.45, 7) is 13.1. The summed E-state index contributed by atoms with van der Waals surface area (Å²) in [5, 5.41) is 0.989. The summed E-state index contributed by atoms with van der Waals surface area (Å²) in [6, 6.07) is 14.0. The SMILES string of the molecule is C=CC(=O)OC(C)(C)C(C)Oc1ccc2cc(-c3ccc(CC)cc3CC)c(=O)sc2c1. The van der Waals surface area contributed by atoms with Crippen molar-refractivity contribution >= 4 is 27.4 Å². The van der Waals surface area contributed by atoms with E-state index < -0.39 is 17.7 Å². The number of carbonyl (C=O) groups excluding carboxylic acids is 1. The van der Waals surface area contributed by atoms with Crippen LogP contribution < -0.4 is 9.48 Å². The van der Waals surface area contributed by atoms with Crippen LogP contribution in [0.2, 0.25) is 0 Å². The van der Waals surface area contributed by atoms with E-state index in [-0.39, 0.29) is 4.74 Å². The maximum atomic E-state index is 13.0. The van der Waals surface area contributed by atoms with Gasteiger partial charge in [-0.1, -0.05) is 50.0 Å². The van der Waals surface area contributed by atoms with E-state index in [0.29, 0.717) is 5.75 Å². The first-order valence-corrected chi connectivity index (χ1v) is 11.7. The van der Waals surface area contributed by atoms with Gasteiger partial charge in [0.05, 0.1) is 0 Å². The topological polar surface area (TPSA) is 52.6 Å². The van der Waals surface area contributed by atoms with Crippen LogP contribution >= 0.6 is 11.3 Å². The van der Waals surface area contributed by atoms with Gasteiger partial charge in [-0.25, -0.2) is 4.79 Å². The van der Waals surface area contributed by atoms with Crippen molar-refractivity contribution in [1.29, 1.82) is 0 Å². The van der Waals surface area contributed by atoms with E-state index in [1.807, 2.05) is 31.2 Å². The van der Waals surface area contributed by atoms with Gasteiger partial charge in [-0.2, -0.15) is 0 Å². The number of fused-ring (bicyclic) bond motifs is 1. The molecule has 32 heavy (non-hydrogen) atoms. The molecule has 168 valence electrons. The fourth-order valence-electron chi connectivity index (χ4n) is 3.50. The highest BCUT2D eigenvalue weighted by atomic mass is 32.1. The Bertz CT molecular complexity index is 1210. The van der Waals surface area contributed by atoms with E-state index in [2.05, 4.69) is 38.6 Å². The van der Waals surface area contributed by atoms with E-state index >= 15 is 0 Å². The van der Waals surface area contributed by atoms with Gasteiger partial charge in [0.1, 0.15) is 17.5 Å². The van der Waals surface area contributed by atoms with Crippen LogP contribution in [-0.2, 0) is 22.4 Å². The van der Waals surface area contributed by atoms with Crippen molar-refractivity contribution in [3.05, 3.63) is 75.8 Å². The molecule has 0 aliphatic heterocycles. The molecule has 0 fully saturated rings. The number of hydrogen-bond acceptors (Lipinski definition) is 5. The Morgan fingerprint density at radius 3 is 2.50 bits per heavy atom. The molecule has 3 aromatic rings. The van der Waals surface area contributed by atoms with Gasteiger partial charge in [-0.3, -0.25) is 4.79 Å². The summed E-state index contributed by atoms with van der Waals surface area (Å²) in [5.41, 5.74) is 3.38. The van der Waals surface area contributed by atoms with Crippen molar-refractivity contribution in [2.75, 3.05) is 0 Å². The smallest absolute Gasteiger partial charge is 0.330 e. The van der Waals surface area contributed by atoms with Crippen LogP contribution in [0.3, 0.4) is 0 Å². The molecule has 0 aliphatic rings. The normalized spacial score (nSPS) is 12.4. The number of esters is 1. The zero-order valence-electron chi connectivity index (χ0n) is 19.4. The third-order valence-corrected chi connectivity index (χ3v) is 6.76. The highest BCUT2D eigenvalue weighted by Crippen LogP contribution is 2.31. The maximum absolute atomic E-state index is 13.0.